The highest BCUT2D eigenvalue weighted by Gasteiger charge is 2.32. The largest absolute Gasteiger partial charge is 0.416 e. The van der Waals surface area contributed by atoms with E-state index in [1.165, 1.54) is 6.07 Å². The van der Waals surface area contributed by atoms with Crippen LogP contribution < -0.4 is 0 Å². The SMILES string of the molecule is C=C/C=C(C1=Nc2cc(C(F)(F)F)ccc2C1)\C(=C/C)c1ccncc1. The van der Waals surface area contributed by atoms with Gasteiger partial charge in [-0.25, -0.2) is 0 Å². The van der Waals surface area contributed by atoms with Crippen molar-refractivity contribution in [2.45, 2.75) is 19.5 Å². The summed E-state index contributed by atoms with van der Waals surface area (Å²) in [7, 11) is 0. The van der Waals surface area contributed by atoms with Gasteiger partial charge in [-0.1, -0.05) is 30.9 Å². The van der Waals surface area contributed by atoms with Gasteiger partial charge in [0.2, 0.25) is 0 Å². The molecule has 2 heterocycles. The Kier molecular flexibility index (Phi) is 4.89. The van der Waals surface area contributed by atoms with Crippen LogP contribution in [0.15, 0.2) is 78.1 Å². The Morgan fingerprint density at radius 1 is 1.12 bits per heavy atom. The van der Waals surface area contributed by atoms with E-state index in [4.69, 9.17) is 0 Å². The van der Waals surface area contributed by atoms with E-state index in [1.54, 1.807) is 18.5 Å². The van der Waals surface area contributed by atoms with Gasteiger partial charge in [-0.15, -0.1) is 0 Å². The Hall–Kier alpha value is -2.95. The smallest absolute Gasteiger partial charge is 0.265 e. The van der Waals surface area contributed by atoms with Gasteiger partial charge in [-0.3, -0.25) is 9.98 Å². The number of halogens is 3. The zero-order valence-corrected chi connectivity index (χ0v) is 14.2. The lowest BCUT2D eigenvalue weighted by atomic mass is 9.92. The highest BCUT2D eigenvalue weighted by atomic mass is 19.4. The fraction of sp³-hybridized carbons (Fsp3) is 0.143. The van der Waals surface area contributed by atoms with Crippen molar-refractivity contribution in [2.75, 3.05) is 0 Å². The summed E-state index contributed by atoms with van der Waals surface area (Å²) in [6, 6.07) is 7.48. The number of rotatable bonds is 4. The van der Waals surface area contributed by atoms with Crippen LogP contribution in [0.3, 0.4) is 0 Å². The first-order chi connectivity index (χ1) is 12.4. The lowest BCUT2D eigenvalue weighted by molar-refractivity contribution is -0.137. The highest BCUT2D eigenvalue weighted by Crippen LogP contribution is 2.38. The molecule has 1 aromatic carbocycles. The van der Waals surface area contributed by atoms with Crippen LogP contribution in [0.25, 0.3) is 5.57 Å². The molecule has 132 valence electrons. The van der Waals surface area contributed by atoms with Crippen molar-refractivity contribution >= 4 is 17.0 Å². The third-order valence-electron chi connectivity index (χ3n) is 4.19. The molecule has 0 amide bonds. The molecule has 2 aromatic rings. The topological polar surface area (TPSA) is 25.2 Å². The summed E-state index contributed by atoms with van der Waals surface area (Å²) in [6.07, 6.45) is 4.96. The van der Waals surface area contributed by atoms with Gasteiger partial charge in [0.05, 0.1) is 17.0 Å². The molecule has 5 heteroatoms. The van der Waals surface area contributed by atoms with E-state index in [0.29, 0.717) is 12.1 Å². The standard InChI is InChI=1S/C21H17F3N2/c1-3-5-18(17(4-2)14-8-10-25-11-9-14)20-12-15-6-7-16(21(22,23)24)13-19(15)26-20/h3-11,13H,1,12H2,2H3/b17-4-,18-5+. The maximum atomic E-state index is 12.9. The monoisotopic (exact) mass is 354 g/mol. The van der Waals surface area contributed by atoms with Crippen LogP contribution in [-0.2, 0) is 12.6 Å². The number of pyridine rings is 1. The Morgan fingerprint density at radius 2 is 1.85 bits per heavy atom. The molecule has 0 saturated heterocycles. The highest BCUT2D eigenvalue weighted by molar-refractivity contribution is 6.16. The number of hydrogen-bond acceptors (Lipinski definition) is 2. The molecule has 26 heavy (non-hydrogen) atoms. The van der Waals surface area contributed by atoms with E-state index >= 15 is 0 Å². The molecule has 0 atom stereocenters. The fourth-order valence-electron chi connectivity index (χ4n) is 2.98. The molecular weight excluding hydrogens is 337 g/mol. The zero-order valence-electron chi connectivity index (χ0n) is 14.2. The number of fused-ring (bicyclic) bond motifs is 1. The number of benzene rings is 1. The van der Waals surface area contributed by atoms with Crippen molar-refractivity contribution in [1.82, 2.24) is 4.98 Å². The van der Waals surface area contributed by atoms with Crippen molar-refractivity contribution in [3.63, 3.8) is 0 Å². The first kappa shape index (κ1) is 17.9. The maximum absolute atomic E-state index is 12.9. The van der Waals surface area contributed by atoms with Crippen LogP contribution >= 0.6 is 0 Å². The summed E-state index contributed by atoms with van der Waals surface area (Å²) < 4.78 is 38.8. The van der Waals surface area contributed by atoms with E-state index in [1.807, 2.05) is 31.2 Å². The summed E-state index contributed by atoms with van der Waals surface area (Å²) in [5.41, 5.74) is 3.95. The summed E-state index contributed by atoms with van der Waals surface area (Å²) >= 11 is 0. The second-order valence-electron chi connectivity index (χ2n) is 5.83. The number of hydrogen-bond donors (Lipinski definition) is 0. The fourth-order valence-corrected chi connectivity index (χ4v) is 2.98. The molecule has 0 radical (unpaired) electrons. The molecule has 3 rings (SSSR count). The molecule has 0 N–H and O–H groups in total. The molecular formula is C21H17F3N2. The van der Waals surface area contributed by atoms with Gasteiger partial charge in [0, 0.05) is 24.4 Å². The lowest BCUT2D eigenvalue weighted by Crippen LogP contribution is -2.06. The number of nitrogens with zero attached hydrogens (tertiary/aromatic N) is 2. The molecule has 0 fully saturated rings. The molecule has 0 bridgehead atoms. The Labute approximate surface area is 150 Å². The zero-order chi connectivity index (χ0) is 18.7. The molecule has 0 unspecified atom stereocenters. The predicted molar refractivity (Wildman–Crippen MR) is 98.4 cm³/mol. The van der Waals surface area contributed by atoms with Crippen molar-refractivity contribution in [2.24, 2.45) is 4.99 Å². The third kappa shape index (κ3) is 3.52. The Morgan fingerprint density at radius 3 is 2.46 bits per heavy atom. The molecule has 1 aliphatic rings. The first-order valence-corrected chi connectivity index (χ1v) is 8.12. The van der Waals surface area contributed by atoms with E-state index in [9.17, 15) is 13.2 Å². The van der Waals surface area contributed by atoms with Crippen molar-refractivity contribution in [3.05, 3.63) is 89.8 Å². The quantitative estimate of drug-likeness (QED) is 0.623. The first-order valence-electron chi connectivity index (χ1n) is 8.12. The molecule has 1 aliphatic heterocycles. The van der Waals surface area contributed by atoms with E-state index in [0.717, 1.165) is 40.1 Å². The molecule has 0 spiro atoms. The lowest BCUT2D eigenvalue weighted by Gasteiger charge is -2.12. The second kappa shape index (κ2) is 7.12. The van der Waals surface area contributed by atoms with E-state index in [-0.39, 0.29) is 0 Å². The molecule has 0 aliphatic carbocycles. The number of aliphatic imine (C=N–C) groups is 1. The van der Waals surface area contributed by atoms with Gasteiger partial charge in [-0.05, 0) is 47.9 Å². The summed E-state index contributed by atoms with van der Waals surface area (Å²) in [5.74, 6) is 0. The van der Waals surface area contributed by atoms with Crippen LogP contribution in [-0.4, -0.2) is 10.7 Å². The van der Waals surface area contributed by atoms with Gasteiger partial charge in [0.15, 0.2) is 0 Å². The predicted octanol–water partition coefficient (Wildman–Crippen LogP) is 5.94. The van der Waals surface area contributed by atoms with Crippen molar-refractivity contribution in [1.29, 1.82) is 0 Å². The van der Waals surface area contributed by atoms with Gasteiger partial charge in [0.1, 0.15) is 0 Å². The average molecular weight is 354 g/mol. The number of allylic oxidation sites excluding steroid dienone is 5. The third-order valence-corrected chi connectivity index (χ3v) is 4.19. The van der Waals surface area contributed by atoms with Gasteiger partial charge >= 0.3 is 6.18 Å². The Bertz CT molecular complexity index is 920. The summed E-state index contributed by atoms with van der Waals surface area (Å²) in [4.78, 5) is 8.51. The number of aromatic nitrogens is 1. The summed E-state index contributed by atoms with van der Waals surface area (Å²) in [6.45, 7) is 5.67. The van der Waals surface area contributed by atoms with Crippen LogP contribution in [0.1, 0.15) is 23.6 Å². The van der Waals surface area contributed by atoms with Crippen LogP contribution in [0.5, 0.6) is 0 Å². The number of alkyl halides is 3. The minimum Gasteiger partial charge on any atom is -0.265 e. The molecule has 2 nitrogen and oxygen atoms in total. The van der Waals surface area contributed by atoms with Crippen molar-refractivity contribution < 1.29 is 13.2 Å². The van der Waals surface area contributed by atoms with Crippen LogP contribution in [0.4, 0.5) is 18.9 Å². The maximum Gasteiger partial charge on any atom is 0.416 e. The van der Waals surface area contributed by atoms with Crippen molar-refractivity contribution in [3.8, 4) is 0 Å². The molecule has 0 saturated carbocycles. The second-order valence-corrected chi connectivity index (χ2v) is 5.83. The van der Waals surface area contributed by atoms with Gasteiger partial charge < -0.3 is 0 Å². The minimum atomic E-state index is -4.38. The molecule has 1 aromatic heterocycles. The average Bonchev–Trinajstić information content (AvgIpc) is 3.05. The summed E-state index contributed by atoms with van der Waals surface area (Å²) in [5, 5.41) is 0. The van der Waals surface area contributed by atoms with Gasteiger partial charge in [0.25, 0.3) is 0 Å². The van der Waals surface area contributed by atoms with E-state index in [2.05, 4.69) is 16.6 Å². The Balaban J connectivity index is 2.02. The van der Waals surface area contributed by atoms with Crippen LogP contribution in [0.2, 0.25) is 0 Å². The van der Waals surface area contributed by atoms with E-state index < -0.39 is 11.7 Å². The van der Waals surface area contributed by atoms with Gasteiger partial charge in [-0.2, -0.15) is 13.2 Å². The normalized spacial score (nSPS) is 14.8. The minimum absolute atomic E-state index is 0.370. The van der Waals surface area contributed by atoms with Crippen LogP contribution in [0, 0.1) is 0 Å².